The molecule has 1 saturated carbocycles. The minimum absolute atomic E-state index is 0.361. The molecule has 116 valence electrons. The summed E-state index contributed by atoms with van der Waals surface area (Å²) in [6, 6.07) is 7.26. The number of aliphatic hydroxyl groups is 1. The summed E-state index contributed by atoms with van der Waals surface area (Å²) in [6.45, 7) is 0.698. The molecule has 0 spiro atoms. The molecule has 2 aliphatic rings. The zero-order valence-electron chi connectivity index (χ0n) is 13.1. The lowest BCUT2D eigenvalue weighted by atomic mass is 9.94. The van der Waals surface area contributed by atoms with Crippen LogP contribution in [0.4, 0.5) is 0 Å². The van der Waals surface area contributed by atoms with Crippen LogP contribution in [-0.4, -0.2) is 17.7 Å². The Hall–Kier alpha value is -0.860. The molecule has 0 bridgehead atoms. The second-order valence-corrected chi connectivity index (χ2v) is 6.85. The van der Waals surface area contributed by atoms with E-state index in [1.54, 1.807) is 0 Å². The summed E-state index contributed by atoms with van der Waals surface area (Å²) in [7, 11) is 0. The number of nitrogens with one attached hydrogen (secondary N) is 1. The summed E-state index contributed by atoms with van der Waals surface area (Å²) in [6.07, 6.45) is 12.6. The fraction of sp³-hybridized carbons (Fsp3) is 0.684. The molecule has 0 aliphatic heterocycles. The van der Waals surface area contributed by atoms with Gasteiger partial charge in [0.1, 0.15) is 0 Å². The van der Waals surface area contributed by atoms with Crippen LogP contribution in [0.3, 0.4) is 0 Å². The van der Waals surface area contributed by atoms with Crippen LogP contribution in [0.1, 0.15) is 74.2 Å². The van der Waals surface area contributed by atoms with Crippen LogP contribution >= 0.6 is 0 Å². The van der Waals surface area contributed by atoms with Crippen molar-refractivity contribution in [3.05, 3.63) is 34.9 Å². The fourth-order valence-electron chi connectivity index (χ4n) is 3.84. The van der Waals surface area contributed by atoms with Gasteiger partial charge in [-0.1, -0.05) is 43.9 Å². The van der Waals surface area contributed by atoms with Crippen LogP contribution in [0, 0.1) is 0 Å². The van der Waals surface area contributed by atoms with Gasteiger partial charge in [-0.05, 0) is 55.2 Å². The highest BCUT2D eigenvalue weighted by Crippen LogP contribution is 2.24. The maximum atomic E-state index is 10.5. The molecule has 0 radical (unpaired) electrons. The van der Waals surface area contributed by atoms with E-state index in [0.29, 0.717) is 12.6 Å². The van der Waals surface area contributed by atoms with Crippen LogP contribution < -0.4 is 5.32 Å². The van der Waals surface area contributed by atoms with Crippen LogP contribution in [0.15, 0.2) is 18.2 Å². The van der Waals surface area contributed by atoms with Crippen molar-refractivity contribution >= 4 is 0 Å². The van der Waals surface area contributed by atoms with E-state index in [1.807, 2.05) is 0 Å². The number of hydrogen-bond donors (Lipinski definition) is 2. The van der Waals surface area contributed by atoms with Crippen molar-refractivity contribution in [1.29, 1.82) is 0 Å². The smallest absolute Gasteiger partial charge is 0.0914 e. The molecular weight excluding hydrogens is 258 g/mol. The van der Waals surface area contributed by atoms with Crippen molar-refractivity contribution in [3.8, 4) is 0 Å². The number of benzene rings is 1. The summed E-state index contributed by atoms with van der Waals surface area (Å²) >= 11 is 0. The third kappa shape index (κ3) is 4.08. The lowest BCUT2D eigenvalue weighted by molar-refractivity contribution is 0.165. The van der Waals surface area contributed by atoms with Gasteiger partial charge in [0.25, 0.3) is 0 Å². The third-order valence-electron chi connectivity index (χ3n) is 5.21. The molecule has 21 heavy (non-hydrogen) atoms. The van der Waals surface area contributed by atoms with Crippen molar-refractivity contribution in [2.75, 3.05) is 6.54 Å². The van der Waals surface area contributed by atoms with Gasteiger partial charge < -0.3 is 10.4 Å². The summed E-state index contributed by atoms with van der Waals surface area (Å²) in [4.78, 5) is 0. The SMILES string of the molecule is OC(CNC1CCCCC1)c1ccc2c(c1)CCCCC2. The Balaban J connectivity index is 1.58. The van der Waals surface area contributed by atoms with Gasteiger partial charge in [0.2, 0.25) is 0 Å². The molecule has 2 aliphatic carbocycles. The van der Waals surface area contributed by atoms with Gasteiger partial charge in [-0.25, -0.2) is 0 Å². The maximum absolute atomic E-state index is 10.5. The Morgan fingerprint density at radius 2 is 1.67 bits per heavy atom. The first-order valence-electron chi connectivity index (χ1n) is 8.86. The Bertz CT molecular complexity index is 451. The van der Waals surface area contributed by atoms with E-state index in [4.69, 9.17) is 0 Å². The molecule has 2 N–H and O–H groups in total. The van der Waals surface area contributed by atoms with E-state index in [-0.39, 0.29) is 6.10 Å². The fourth-order valence-corrected chi connectivity index (χ4v) is 3.84. The van der Waals surface area contributed by atoms with Crippen molar-refractivity contribution in [3.63, 3.8) is 0 Å². The van der Waals surface area contributed by atoms with E-state index in [0.717, 1.165) is 5.56 Å². The predicted molar refractivity (Wildman–Crippen MR) is 87.5 cm³/mol. The molecule has 0 saturated heterocycles. The average Bonchev–Trinajstić information content (AvgIpc) is 2.78. The highest BCUT2D eigenvalue weighted by molar-refractivity contribution is 5.34. The van der Waals surface area contributed by atoms with Gasteiger partial charge in [-0.3, -0.25) is 0 Å². The second kappa shape index (κ2) is 7.42. The first-order valence-corrected chi connectivity index (χ1v) is 8.86. The van der Waals surface area contributed by atoms with Crippen molar-refractivity contribution in [1.82, 2.24) is 5.32 Å². The zero-order chi connectivity index (χ0) is 14.5. The Labute approximate surface area is 129 Å². The number of aryl methyl sites for hydroxylation is 2. The number of aliphatic hydroxyl groups excluding tert-OH is 1. The molecule has 2 heteroatoms. The molecule has 0 heterocycles. The molecular formula is C19H29NO. The van der Waals surface area contributed by atoms with E-state index >= 15 is 0 Å². The lowest BCUT2D eigenvalue weighted by Gasteiger charge is -2.24. The number of rotatable bonds is 4. The number of fused-ring (bicyclic) bond motifs is 1. The van der Waals surface area contributed by atoms with Gasteiger partial charge in [0.05, 0.1) is 6.10 Å². The lowest BCUT2D eigenvalue weighted by Crippen LogP contribution is -2.34. The molecule has 2 nitrogen and oxygen atoms in total. The molecule has 3 rings (SSSR count). The Kier molecular flexibility index (Phi) is 5.32. The minimum Gasteiger partial charge on any atom is -0.387 e. The van der Waals surface area contributed by atoms with E-state index in [2.05, 4.69) is 23.5 Å². The standard InChI is InChI=1S/C19H29NO/c21-19(14-20-18-9-5-2-6-10-18)17-12-11-15-7-3-1-4-8-16(15)13-17/h11-13,18-21H,1-10,14H2. The Morgan fingerprint density at radius 1 is 0.952 bits per heavy atom. The monoisotopic (exact) mass is 287 g/mol. The van der Waals surface area contributed by atoms with E-state index in [1.165, 1.54) is 75.3 Å². The molecule has 1 aromatic rings. The largest absolute Gasteiger partial charge is 0.387 e. The summed E-state index contributed by atoms with van der Waals surface area (Å²) < 4.78 is 0. The van der Waals surface area contributed by atoms with Crippen LogP contribution in [0.25, 0.3) is 0 Å². The van der Waals surface area contributed by atoms with Gasteiger partial charge >= 0.3 is 0 Å². The highest BCUT2D eigenvalue weighted by atomic mass is 16.3. The quantitative estimate of drug-likeness (QED) is 0.823. The molecule has 1 atom stereocenters. The molecule has 1 aromatic carbocycles. The molecule has 0 amide bonds. The molecule has 0 aromatic heterocycles. The summed E-state index contributed by atoms with van der Waals surface area (Å²) in [5.74, 6) is 0. The van der Waals surface area contributed by atoms with Crippen LogP contribution in [0.2, 0.25) is 0 Å². The topological polar surface area (TPSA) is 32.3 Å². The first-order chi connectivity index (χ1) is 10.3. The summed E-state index contributed by atoms with van der Waals surface area (Å²) in [5, 5.41) is 14.0. The third-order valence-corrected chi connectivity index (χ3v) is 5.21. The Morgan fingerprint density at radius 3 is 2.48 bits per heavy atom. The van der Waals surface area contributed by atoms with Gasteiger partial charge in [-0.15, -0.1) is 0 Å². The van der Waals surface area contributed by atoms with E-state index in [9.17, 15) is 5.11 Å². The van der Waals surface area contributed by atoms with Gasteiger partial charge in [0.15, 0.2) is 0 Å². The van der Waals surface area contributed by atoms with Crippen molar-refractivity contribution in [2.45, 2.75) is 76.4 Å². The maximum Gasteiger partial charge on any atom is 0.0914 e. The van der Waals surface area contributed by atoms with Gasteiger partial charge in [-0.2, -0.15) is 0 Å². The van der Waals surface area contributed by atoms with Crippen LogP contribution in [-0.2, 0) is 12.8 Å². The average molecular weight is 287 g/mol. The predicted octanol–water partition coefficient (Wildman–Crippen LogP) is 3.91. The first kappa shape index (κ1) is 15.1. The minimum atomic E-state index is -0.361. The number of hydrogen-bond acceptors (Lipinski definition) is 2. The normalized spacial score (nSPS) is 21.6. The summed E-state index contributed by atoms with van der Waals surface area (Å²) in [5.41, 5.74) is 4.07. The van der Waals surface area contributed by atoms with Gasteiger partial charge in [0, 0.05) is 12.6 Å². The molecule has 1 fully saturated rings. The van der Waals surface area contributed by atoms with Crippen LogP contribution in [0.5, 0.6) is 0 Å². The van der Waals surface area contributed by atoms with Crippen molar-refractivity contribution < 1.29 is 5.11 Å². The molecule has 1 unspecified atom stereocenters. The van der Waals surface area contributed by atoms with Crippen molar-refractivity contribution in [2.24, 2.45) is 0 Å². The second-order valence-electron chi connectivity index (χ2n) is 6.85. The van der Waals surface area contributed by atoms with E-state index < -0.39 is 0 Å². The zero-order valence-corrected chi connectivity index (χ0v) is 13.1. The highest BCUT2D eigenvalue weighted by Gasteiger charge is 2.16.